The lowest BCUT2D eigenvalue weighted by molar-refractivity contribution is -0.384. The molecule has 25 heavy (non-hydrogen) atoms. The molecule has 2 saturated heterocycles. The van der Waals surface area contributed by atoms with Crippen molar-refractivity contribution in [3.8, 4) is 0 Å². The standard InChI is InChI=1S/C17H24N4O4/c1-25-13-17(6-7-18-12-17)16(22)20-10-8-19(9-11-20)14-4-2-3-5-15(14)21(23)24/h2-5,18H,6-13H2,1H3. The van der Waals surface area contributed by atoms with Crippen LogP contribution >= 0.6 is 0 Å². The number of nitro benzene ring substituents is 1. The molecule has 2 aliphatic heterocycles. The van der Waals surface area contributed by atoms with E-state index < -0.39 is 5.41 Å². The minimum absolute atomic E-state index is 0.109. The molecule has 0 spiro atoms. The zero-order chi connectivity index (χ0) is 17.9. The fourth-order valence-electron chi connectivity index (χ4n) is 3.76. The Bertz CT molecular complexity index is 637. The summed E-state index contributed by atoms with van der Waals surface area (Å²) in [6.07, 6.45) is 0.782. The van der Waals surface area contributed by atoms with Crippen LogP contribution in [0.15, 0.2) is 24.3 Å². The summed E-state index contributed by atoms with van der Waals surface area (Å²) in [6, 6.07) is 6.76. The first-order valence-electron chi connectivity index (χ1n) is 8.55. The van der Waals surface area contributed by atoms with E-state index in [0.29, 0.717) is 45.0 Å². The molecule has 0 saturated carbocycles. The summed E-state index contributed by atoms with van der Waals surface area (Å²) >= 11 is 0. The number of ether oxygens (including phenoxy) is 1. The third-order valence-corrected chi connectivity index (χ3v) is 5.10. The molecule has 2 heterocycles. The monoisotopic (exact) mass is 348 g/mol. The summed E-state index contributed by atoms with van der Waals surface area (Å²) in [5.74, 6) is 0.126. The molecule has 0 aliphatic carbocycles. The van der Waals surface area contributed by atoms with Crippen LogP contribution in [0.4, 0.5) is 11.4 Å². The summed E-state index contributed by atoms with van der Waals surface area (Å²) < 4.78 is 5.30. The van der Waals surface area contributed by atoms with Crippen LogP contribution in [-0.2, 0) is 9.53 Å². The van der Waals surface area contributed by atoms with Crippen molar-refractivity contribution in [2.24, 2.45) is 5.41 Å². The third-order valence-electron chi connectivity index (χ3n) is 5.10. The Hall–Kier alpha value is -2.19. The Morgan fingerprint density at radius 3 is 2.64 bits per heavy atom. The molecule has 0 radical (unpaired) electrons. The van der Waals surface area contributed by atoms with E-state index >= 15 is 0 Å². The van der Waals surface area contributed by atoms with E-state index in [1.165, 1.54) is 6.07 Å². The van der Waals surface area contributed by atoms with Gasteiger partial charge < -0.3 is 19.9 Å². The highest BCUT2D eigenvalue weighted by molar-refractivity contribution is 5.84. The topological polar surface area (TPSA) is 88.0 Å². The number of nitrogens with zero attached hydrogens (tertiary/aromatic N) is 3. The van der Waals surface area contributed by atoms with Crippen LogP contribution in [0.25, 0.3) is 0 Å². The second kappa shape index (κ2) is 7.37. The fourth-order valence-corrected chi connectivity index (χ4v) is 3.76. The average molecular weight is 348 g/mol. The number of hydrogen-bond acceptors (Lipinski definition) is 6. The molecule has 1 N–H and O–H groups in total. The quantitative estimate of drug-likeness (QED) is 0.627. The van der Waals surface area contributed by atoms with Gasteiger partial charge in [-0.3, -0.25) is 14.9 Å². The molecule has 2 fully saturated rings. The summed E-state index contributed by atoms with van der Waals surface area (Å²) in [5.41, 5.74) is 0.252. The van der Waals surface area contributed by atoms with Crippen LogP contribution in [0.3, 0.4) is 0 Å². The fraction of sp³-hybridized carbons (Fsp3) is 0.588. The largest absolute Gasteiger partial charge is 0.384 e. The van der Waals surface area contributed by atoms with E-state index in [9.17, 15) is 14.9 Å². The van der Waals surface area contributed by atoms with Gasteiger partial charge in [0.25, 0.3) is 5.69 Å². The highest BCUT2D eigenvalue weighted by atomic mass is 16.6. The number of amides is 1. The number of carbonyl (C=O) groups is 1. The minimum Gasteiger partial charge on any atom is -0.384 e. The van der Waals surface area contributed by atoms with Gasteiger partial charge in [0.1, 0.15) is 5.69 Å². The predicted octanol–water partition coefficient (Wildman–Crippen LogP) is 0.869. The van der Waals surface area contributed by atoms with E-state index in [1.54, 1.807) is 25.3 Å². The normalized spacial score (nSPS) is 23.7. The van der Waals surface area contributed by atoms with Crippen molar-refractivity contribution in [1.29, 1.82) is 0 Å². The van der Waals surface area contributed by atoms with Crippen molar-refractivity contribution in [1.82, 2.24) is 10.2 Å². The Kier molecular flexibility index (Phi) is 5.19. The number of nitro groups is 1. The first kappa shape index (κ1) is 17.6. The van der Waals surface area contributed by atoms with Gasteiger partial charge in [0.2, 0.25) is 5.91 Å². The van der Waals surface area contributed by atoms with Crippen molar-refractivity contribution in [2.75, 3.05) is 57.9 Å². The molecule has 1 unspecified atom stereocenters. The second-order valence-electron chi connectivity index (χ2n) is 6.67. The smallest absolute Gasteiger partial charge is 0.292 e. The maximum Gasteiger partial charge on any atom is 0.292 e. The molecule has 1 aromatic rings. The van der Waals surface area contributed by atoms with Gasteiger partial charge in [-0.15, -0.1) is 0 Å². The van der Waals surface area contributed by atoms with Crippen LogP contribution in [0.2, 0.25) is 0 Å². The van der Waals surface area contributed by atoms with Crippen LogP contribution in [0.1, 0.15) is 6.42 Å². The Labute approximate surface area is 146 Å². The lowest BCUT2D eigenvalue weighted by atomic mass is 9.86. The van der Waals surface area contributed by atoms with Crippen molar-refractivity contribution >= 4 is 17.3 Å². The number of anilines is 1. The molecule has 0 aromatic heterocycles. The Balaban J connectivity index is 1.68. The van der Waals surface area contributed by atoms with Gasteiger partial charge in [-0.05, 0) is 19.0 Å². The summed E-state index contributed by atoms with van der Waals surface area (Å²) in [6.45, 7) is 4.20. The highest BCUT2D eigenvalue weighted by Gasteiger charge is 2.44. The lowest BCUT2D eigenvalue weighted by Crippen LogP contribution is -2.55. The van der Waals surface area contributed by atoms with Gasteiger partial charge in [-0.1, -0.05) is 12.1 Å². The lowest BCUT2D eigenvalue weighted by Gasteiger charge is -2.39. The number of carbonyl (C=O) groups excluding carboxylic acids is 1. The maximum atomic E-state index is 13.0. The molecular formula is C17H24N4O4. The molecule has 1 aromatic carbocycles. The van der Waals surface area contributed by atoms with Crippen LogP contribution in [-0.4, -0.2) is 68.7 Å². The predicted molar refractivity (Wildman–Crippen MR) is 93.7 cm³/mol. The van der Waals surface area contributed by atoms with Crippen LogP contribution in [0.5, 0.6) is 0 Å². The number of benzene rings is 1. The number of methoxy groups -OCH3 is 1. The van der Waals surface area contributed by atoms with E-state index in [4.69, 9.17) is 4.74 Å². The molecular weight excluding hydrogens is 324 g/mol. The van der Waals surface area contributed by atoms with Gasteiger partial charge in [0.05, 0.1) is 16.9 Å². The number of piperazine rings is 1. The summed E-state index contributed by atoms with van der Waals surface area (Å²) in [7, 11) is 1.62. The Morgan fingerprint density at radius 1 is 1.32 bits per heavy atom. The SMILES string of the molecule is COCC1(C(=O)N2CCN(c3ccccc3[N+](=O)[O-])CC2)CCNC1. The van der Waals surface area contributed by atoms with E-state index in [1.807, 2.05) is 9.80 Å². The number of hydrogen-bond donors (Lipinski definition) is 1. The van der Waals surface area contributed by atoms with Crippen molar-refractivity contribution in [3.05, 3.63) is 34.4 Å². The molecule has 3 rings (SSSR count). The maximum absolute atomic E-state index is 13.0. The molecule has 0 bridgehead atoms. The third kappa shape index (κ3) is 3.45. The van der Waals surface area contributed by atoms with E-state index in [2.05, 4.69) is 5.32 Å². The first-order chi connectivity index (χ1) is 12.1. The van der Waals surface area contributed by atoms with E-state index in [-0.39, 0.29) is 16.5 Å². The molecule has 2 aliphatic rings. The number of nitrogens with one attached hydrogen (secondary N) is 1. The Morgan fingerprint density at radius 2 is 2.04 bits per heavy atom. The molecule has 8 nitrogen and oxygen atoms in total. The van der Waals surface area contributed by atoms with Crippen molar-refractivity contribution in [3.63, 3.8) is 0 Å². The zero-order valence-corrected chi connectivity index (χ0v) is 14.4. The van der Waals surface area contributed by atoms with Crippen LogP contribution in [0, 0.1) is 15.5 Å². The van der Waals surface area contributed by atoms with Crippen molar-refractivity contribution < 1.29 is 14.5 Å². The first-order valence-corrected chi connectivity index (χ1v) is 8.55. The van der Waals surface area contributed by atoms with Gasteiger partial charge in [-0.25, -0.2) is 0 Å². The van der Waals surface area contributed by atoms with Gasteiger partial charge >= 0.3 is 0 Å². The second-order valence-corrected chi connectivity index (χ2v) is 6.67. The van der Waals surface area contributed by atoms with Gasteiger partial charge in [-0.2, -0.15) is 0 Å². The minimum atomic E-state index is -0.477. The molecule has 8 heteroatoms. The zero-order valence-electron chi connectivity index (χ0n) is 14.4. The van der Waals surface area contributed by atoms with Crippen LogP contribution < -0.4 is 10.2 Å². The molecule has 1 atom stereocenters. The van der Waals surface area contributed by atoms with Crippen molar-refractivity contribution in [2.45, 2.75) is 6.42 Å². The number of rotatable bonds is 5. The van der Waals surface area contributed by atoms with Gasteiger partial charge in [0, 0.05) is 45.9 Å². The van der Waals surface area contributed by atoms with E-state index in [0.717, 1.165) is 13.0 Å². The molecule has 136 valence electrons. The summed E-state index contributed by atoms with van der Waals surface area (Å²) in [4.78, 5) is 27.7. The molecule has 1 amide bonds. The highest BCUT2D eigenvalue weighted by Crippen LogP contribution is 2.31. The summed E-state index contributed by atoms with van der Waals surface area (Å²) in [5, 5.41) is 14.5. The van der Waals surface area contributed by atoms with Gasteiger partial charge in [0.15, 0.2) is 0 Å². The number of para-hydroxylation sites is 2. The average Bonchev–Trinajstić information content (AvgIpc) is 3.11.